The average Bonchev–Trinajstić information content (AvgIpc) is 2.71. The fraction of sp³-hybridized carbons (Fsp3) is 0.174. The Morgan fingerprint density at radius 3 is 2.16 bits per heavy atom. The monoisotopic (exact) mass is 442 g/mol. The van der Waals surface area contributed by atoms with E-state index < -0.39 is 21.3 Å². The molecule has 0 atom stereocenters. The normalized spacial score (nSPS) is 11.6. The number of benzene rings is 3. The highest BCUT2D eigenvalue weighted by molar-refractivity contribution is 7.92. The van der Waals surface area contributed by atoms with Gasteiger partial charge in [-0.15, -0.1) is 0 Å². The van der Waals surface area contributed by atoms with E-state index in [2.05, 4.69) is 10.0 Å². The average molecular weight is 443 g/mol. The zero-order valence-corrected chi connectivity index (χ0v) is 18.2. The summed E-state index contributed by atoms with van der Waals surface area (Å²) >= 11 is 0. The van der Waals surface area contributed by atoms with Crippen LogP contribution in [0.3, 0.4) is 0 Å². The summed E-state index contributed by atoms with van der Waals surface area (Å²) in [5, 5.41) is 2.57. The van der Waals surface area contributed by atoms with Crippen LogP contribution < -0.4 is 14.8 Å². The van der Waals surface area contributed by atoms with Crippen molar-refractivity contribution in [2.45, 2.75) is 25.7 Å². The van der Waals surface area contributed by atoms with Gasteiger partial charge in [0.2, 0.25) is 5.91 Å². The number of nitrogens with one attached hydrogen (secondary N) is 2. The van der Waals surface area contributed by atoms with Crippen molar-refractivity contribution in [2.75, 3.05) is 10.0 Å². The lowest BCUT2D eigenvalue weighted by Gasteiger charge is -2.20. The second-order valence-corrected chi connectivity index (χ2v) is 9.54. The highest BCUT2D eigenvalue weighted by Gasteiger charge is 2.24. The number of hydrogen-bond acceptors (Lipinski definition) is 4. The summed E-state index contributed by atoms with van der Waals surface area (Å²) in [7, 11) is -3.71. The molecule has 0 spiro atoms. The quantitative estimate of drug-likeness (QED) is 0.535. The third kappa shape index (κ3) is 5.61. The fourth-order valence-electron chi connectivity index (χ4n) is 2.54. The number of sulfonamides is 1. The summed E-state index contributed by atoms with van der Waals surface area (Å²) in [6.45, 7) is 5.16. The molecule has 3 aromatic rings. The van der Waals surface area contributed by atoms with Crippen LogP contribution in [0.25, 0.3) is 0 Å². The minimum absolute atomic E-state index is 0.0590. The zero-order valence-electron chi connectivity index (χ0n) is 17.3. The first kappa shape index (κ1) is 22.3. The molecular formula is C23H23FN2O4S. The largest absolute Gasteiger partial charge is 0.455 e. The molecule has 1 amide bonds. The number of amides is 1. The van der Waals surface area contributed by atoms with Gasteiger partial charge in [0, 0.05) is 11.1 Å². The fourth-order valence-corrected chi connectivity index (χ4v) is 3.62. The van der Waals surface area contributed by atoms with Gasteiger partial charge in [-0.3, -0.25) is 9.52 Å². The smallest absolute Gasteiger partial charge is 0.261 e. The lowest BCUT2D eigenvalue weighted by atomic mass is 9.95. The van der Waals surface area contributed by atoms with Crippen LogP contribution in [0, 0.1) is 11.2 Å². The summed E-state index contributed by atoms with van der Waals surface area (Å²) in [5.41, 5.74) is -0.426. The van der Waals surface area contributed by atoms with E-state index in [4.69, 9.17) is 4.74 Å². The van der Waals surface area contributed by atoms with Crippen LogP contribution in [0.5, 0.6) is 11.5 Å². The van der Waals surface area contributed by atoms with Gasteiger partial charge < -0.3 is 10.1 Å². The third-order valence-corrected chi connectivity index (χ3v) is 5.68. The van der Waals surface area contributed by atoms with Crippen molar-refractivity contribution in [2.24, 2.45) is 5.41 Å². The van der Waals surface area contributed by atoms with E-state index >= 15 is 0 Å². The van der Waals surface area contributed by atoms with Crippen LogP contribution in [0.1, 0.15) is 20.8 Å². The molecule has 0 aliphatic heterocycles. The molecular weight excluding hydrogens is 419 g/mol. The molecule has 3 rings (SSSR count). The molecule has 3 aromatic carbocycles. The Kier molecular flexibility index (Phi) is 6.31. The van der Waals surface area contributed by atoms with Crippen LogP contribution in [0.15, 0.2) is 77.7 Å². The molecule has 0 bridgehead atoms. The molecule has 2 N–H and O–H groups in total. The molecule has 8 heteroatoms. The van der Waals surface area contributed by atoms with Crippen molar-refractivity contribution >= 4 is 27.3 Å². The van der Waals surface area contributed by atoms with Crippen LogP contribution in [-0.2, 0) is 14.8 Å². The molecule has 162 valence electrons. The van der Waals surface area contributed by atoms with E-state index in [9.17, 15) is 17.6 Å². The van der Waals surface area contributed by atoms with Gasteiger partial charge in [-0.2, -0.15) is 0 Å². The predicted octanol–water partition coefficient (Wildman–Crippen LogP) is 5.40. The van der Waals surface area contributed by atoms with Crippen LogP contribution in [-0.4, -0.2) is 14.3 Å². The summed E-state index contributed by atoms with van der Waals surface area (Å²) in [4.78, 5) is 12.4. The summed E-state index contributed by atoms with van der Waals surface area (Å²) in [6.07, 6.45) is 0. The SMILES string of the molecule is CC(C)(C)C(=O)Nc1c(F)cccc1Oc1ccc(NS(=O)(=O)c2ccccc2)cc1. The van der Waals surface area contributed by atoms with Crippen LogP contribution in [0.2, 0.25) is 0 Å². The maximum absolute atomic E-state index is 14.3. The topological polar surface area (TPSA) is 84.5 Å². The van der Waals surface area contributed by atoms with Gasteiger partial charge >= 0.3 is 0 Å². The molecule has 0 heterocycles. The highest BCUT2D eigenvalue weighted by atomic mass is 32.2. The number of anilines is 2. The van der Waals surface area contributed by atoms with Crippen molar-refractivity contribution in [1.29, 1.82) is 0 Å². The minimum atomic E-state index is -3.71. The van der Waals surface area contributed by atoms with Crippen molar-refractivity contribution in [3.8, 4) is 11.5 Å². The zero-order chi connectivity index (χ0) is 22.6. The predicted molar refractivity (Wildman–Crippen MR) is 118 cm³/mol. The van der Waals surface area contributed by atoms with Gasteiger partial charge in [0.15, 0.2) is 11.6 Å². The number of para-hydroxylation sites is 1. The number of carbonyl (C=O) groups excluding carboxylic acids is 1. The van der Waals surface area contributed by atoms with Crippen molar-refractivity contribution < 1.29 is 22.3 Å². The first-order valence-electron chi connectivity index (χ1n) is 9.52. The molecule has 0 aliphatic rings. The van der Waals surface area contributed by atoms with Gasteiger partial charge in [0.1, 0.15) is 11.4 Å². The van der Waals surface area contributed by atoms with E-state index in [0.717, 1.165) is 0 Å². The molecule has 0 aliphatic carbocycles. The van der Waals surface area contributed by atoms with Crippen molar-refractivity contribution in [3.63, 3.8) is 0 Å². The Labute approximate surface area is 181 Å². The Hall–Kier alpha value is -3.39. The molecule has 0 unspecified atom stereocenters. The number of carbonyl (C=O) groups is 1. The summed E-state index contributed by atoms with van der Waals surface area (Å²) in [5.74, 6) is -0.495. The lowest BCUT2D eigenvalue weighted by molar-refractivity contribution is -0.123. The van der Waals surface area contributed by atoms with E-state index in [1.807, 2.05) is 0 Å². The second kappa shape index (κ2) is 8.77. The highest BCUT2D eigenvalue weighted by Crippen LogP contribution is 2.33. The molecule has 0 fully saturated rings. The minimum Gasteiger partial charge on any atom is -0.455 e. The summed E-state index contributed by atoms with van der Waals surface area (Å²) < 4.78 is 47.4. The number of halogens is 1. The Morgan fingerprint density at radius 2 is 1.55 bits per heavy atom. The number of ether oxygens (including phenoxy) is 1. The second-order valence-electron chi connectivity index (χ2n) is 7.86. The first-order valence-corrected chi connectivity index (χ1v) is 11.0. The maximum atomic E-state index is 14.3. The first-order chi connectivity index (χ1) is 14.6. The molecule has 31 heavy (non-hydrogen) atoms. The van der Waals surface area contributed by atoms with Crippen molar-refractivity contribution in [3.05, 3.63) is 78.6 Å². The number of rotatable bonds is 6. The molecule has 6 nitrogen and oxygen atoms in total. The third-order valence-electron chi connectivity index (χ3n) is 4.28. The van der Waals surface area contributed by atoms with Crippen molar-refractivity contribution in [1.82, 2.24) is 0 Å². The number of hydrogen-bond donors (Lipinski definition) is 2. The molecule has 0 aromatic heterocycles. The van der Waals surface area contributed by atoms with Gasteiger partial charge in [0.05, 0.1) is 4.90 Å². The molecule has 0 saturated carbocycles. The van der Waals surface area contributed by atoms with Crippen LogP contribution >= 0.6 is 0 Å². The van der Waals surface area contributed by atoms with E-state index in [-0.39, 0.29) is 22.2 Å². The standard InChI is InChI=1S/C23H23FN2O4S/c1-23(2,3)22(27)25-21-19(24)10-7-11-20(21)30-17-14-12-16(13-15-17)26-31(28,29)18-8-5-4-6-9-18/h4-15,26H,1-3H3,(H,25,27). The Bertz CT molecular complexity index is 1170. The van der Waals surface area contributed by atoms with Crippen LogP contribution in [0.4, 0.5) is 15.8 Å². The Morgan fingerprint density at radius 1 is 0.903 bits per heavy atom. The van der Waals surface area contributed by atoms with Gasteiger partial charge in [-0.25, -0.2) is 12.8 Å². The van der Waals surface area contributed by atoms with Gasteiger partial charge in [0.25, 0.3) is 10.0 Å². The van der Waals surface area contributed by atoms with Gasteiger partial charge in [-0.05, 0) is 48.5 Å². The maximum Gasteiger partial charge on any atom is 0.261 e. The van der Waals surface area contributed by atoms with E-state index in [1.165, 1.54) is 42.5 Å². The molecule has 0 saturated heterocycles. The summed E-state index contributed by atoms with van der Waals surface area (Å²) in [6, 6.07) is 18.4. The van der Waals surface area contributed by atoms with E-state index in [1.54, 1.807) is 51.1 Å². The van der Waals surface area contributed by atoms with E-state index in [0.29, 0.717) is 11.4 Å². The lowest BCUT2D eigenvalue weighted by Crippen LogP contribution is -2.28. The van der Waals surface area contributed by atoms with Gasteiger partial charge in [-0.1, -0.05) is 45.0 Å². The Balaban J connectivity index is 1.78. The molecule has 0 radical (unpaired) electrons.